The van der Waals surface area contributed by atoms with E-state index in [1.165, 1.54) is 0 Å². The van der Waals surface area contributed by atoms with Crippen molar-refractivity contribution in [1.82, 2.24) is 19.0 Å². The zero-order chi connectivity index (χ0) is 14.9. The van der Waals surface area contributed by atoms with E-state index in [0.29, 0.717) is 5.56 Å². The molecule has 1 aliphatic heterocycles. The SMILES string of the molecule is Cn1cc(C(N)C(=O)N2CCN(S(N)(=O)=O)CC2)cn1. The van der Waals surface area contributed by atoms with E-state index in [1.54, 1.807) is 29.0 Å². The molecule has 2 rings (SSSR count). The fourth-order valence-electron chi connectivity index (χ4n) is 2.10. The summed E-state index contributed by atoms with van der Waals surface area (Å²) in [5.74, 6) is -0.243. The molecule has 0 radical (unpaired) electrons. The maximum atomic E-state index is 12.2. The van der Waals surface area contributed by atoms with Gasteiger partial charge in [0.1, 0.15) is 6.04 Å². The first-order valence-corrected chi connectivity index (χ1v) is 7.60. The number of nitrogens with zero attached hydrogens (tertiary/aromatic N) is 4. The zero-order valence-corrected chi connectivity index (χ0v) is 12.0. The van der Waals surface area contributed by atoms with Gasteiger partial charge in [0.25, 0.3) is 10.2 Å². The normalized spacial score (nSPS) is 19.1. The van der Waals surface area contributed by atoms with Crippen molar-refractivity contribution in [3.63, 3.8) is 0 Å². The standard InChI is InChI=1S/C10H18N6O3S/c1-14-7-8(6-13-14)9(11)10(17)15-2-4-16(5-3-15)20(12,18)19/h6-7,9H,2-5,11H2,1H3,(H2,12,18,19). The molecule has 0 spiro atoms. The molecule has 9 nitrogen and oxygen atoms in total. The minimum atomic E-state index is -3.69. The Hall–Kier alpha value is -1.49. The van der Waals surface area contributed by atoms with Crippen molar-refractivity contribution in [2.24, 2.45) is 17.9 Å². The first-order chi connectivity index (χ1) is 9.29. The topological polar surface area (TPSA) is 128 Å². The van der Waals surface area contributed by atoms with Gasteiger partial charge in [0.05, 0.1) is 6.20 Å². The third-order valence-corrected chi connectivity index (χ3v) is 4.35. The van der Waals surface area contributed by atoms with Gasteiger partial charge in [-0.2, -0.15) is 17.8 Å². The Morgan fingerprint density at radius 3 is 2.40 bits per heavy atom. The molecule has 1 fully saturated rings. The van der Waals surface area contributed by atoms with E-state index < -0.39 is 16.3 Å². The molecule has 10 heteroatoms. The molecule has 112 valence electrons. The van der Waals surface area contributed by atoms with Crippen molar-refractivity contribution in [2.75, 3.05) is 26.2 Å². The minimum absolute atomic E-state index is 0.185. The van der Waals surface area contributed by atoms with Crippen LogP contribution in [0.1, 0.15) is 11.6 Å². The maximum absolute atomic E-state index is 12.2. The molecule has 0 saturated carbocycles. The summed E-state index contributed by atoms with van der Waals surface area (Å²) in [7, 11) is -1.95. The van der Waals surface area contributed by atoms with Crippen LogP contribution in [0, 0.1) is 0 Å². The number of rotatable bonds is 3. The summed E-state index contributed by atoms with van der Waals surface area (Å²) in [6, 6.07) is -0.787. The lowest BCUT2D eigenvalue weighted by atomic mass is 10.1. The summed E-state index contributed by atoms with van der Waals surface area (Å²) >= 11 is 0. The highest BCUT2D eigenvalue weighted by Gasteiger charge is 2.29. The second kappa shape index (κ2) is 5.48. The Kier molecular flexibility index (Phi) is 4.09. The van der Waals surface area contributed by atoms with Crippen LogP contribution in [0.4, 0.5) is 0 Å². The Labute approximate surface area is 117 Å². The lowest BCUT2D eigenvalue weighted by Crippen LogP contribution is -2.53. The van der Waals surface area contributed by atoms with Crippen molar-refractivity contribution in [3.05, 3.63) is 18.0 Å². The van der Waals surface area contributed by atoms with Crippen LogP contribution in [0.25, 0.3) is 0 Å². The van der Waals surface area contributed by atoms with Crippen LogP contribution < -0.4 is 10.9 Å². The molecule has 1 aliphatic rings. The van der Waals surface area contributed by atoms with Crippen molar-refractivity contribution in [3.8, 4) is 0 Å². The Morgan fingerprint density at radius 2 is 1.95 bits per heavy atom. The first-order valence-electron chi connectivity index (χ1n) is 6.10. The number of hydrogen-bond donors (Lipinski definition) is 2. The highest BCUT2D eigenvalue weighted by Crippen LogP contribution is 2.14. The smallest absolute Gasteiger partial charge is 0.277 e. The van der Waals surface area contributed by atoms with Gasteiger partial charge in [0, 0.05) is 45.0 Å². The fourth-order valence-corrected chi connectivity index (χ4v) is 2.78. The lowest BCUT2D eigenvalue weighted by molar-refractivity contribution is -0.133. The van der Waals surface area contributed by atoms with Crippen LogP contribution in [-0.4, -0.2) is 59.5 Å². The van der Waals surface area contributed by atoms with Crippen molar-refractivity contribution >= 4 is 16.1 Å². The van der Waals surface area contributed by atoms with Crippen LogP contribution in [0.15, 0.2) is 12.4 Å². The van der Waals surface area contributed by atoms with Crippen molar-refractivity contribution < 1.29 is 13.2 Å². The molecule has 2 heterocycles. The summed E-state index contributed by atoms with van der Waals surface area (Å²) in [6.45, 7) is 0.932. The molecule has 4 N–H and O–H groups in total. The number of carbonyl (C=O) groups is 1. The van der Waals surface area contributed by atoms with Gasteiger partial charge < -0.3 is 10.6 Å². The lowest BCUT2D eigenvalue weighted by Gasteiger charge is -2.34. The zero-order valence-electron chi connectivity index (χ0n) is 11.1. The molecule has 1 aromatic heterocycles. The third kappa shape index (κ3) is 3.15. The fraction of sp³-hybridized carbons (Fsp3) is 0.600. The molecule has 1 aromatic rings. The van der Waals surface area contributed by atoms with Gasteiger partial charge in [0.15, 0.2) is 0 Å². The molecule has 20 heavy (non-hydrogen) atoms. The number of aryl methyl sites for hydroxylation is 1. The summed E-state index contributed by atoms with van der Waals surface area (Å²) in [5.41, 5.74) is 6.53. The average Bonchev–Trinajstić information content (AvgIpc) is 2.83. The van der Waals surface area contributed by atoms with E-state index in [9.17, 15) is 13.2 Å². The second-order valence-corrected chi connectivity index (χ2v) is 6.24. The van der Waals surface area contributed by atoms with E-state index in [0.717, 1.165) is 4.31 Å². The van der Waals surface area contributed by atoms with Crippen LogP contribution in [0.3, 0.4) is 0 Å². The maximum Gasteiger partial charge on any atom is 0.277 e. The van der Waals surface area contributed by atoms with Crippen LogP contribution in [0.2, 0.25) is 0 Å². The van der Waals surface area contributed by atoms with E-state index >= 15 is 0 Å². The highest BCUT2D eigenvalue weighted by molar-refractivity contribution is 7.86. The molecule has 0 bridgehead atoms. The molecular formula is C10H18N6O3S. The number of amides is 1. The van der Waals surface area contributed by atoms with Crippen LogP contribution >= 0.6 is 0 Å². The largest absolute Gasteiger partial charge is 0.338 e. The number of nitrogens with two attached hydrogens (primary N) is 2. The second-order valence-electron chi connectivity index (χ2n) is 4.69. The molecule has 1 amide bonds. The summed E-state index contributed by atoms with van der Waals surface area (Å²) in [4.78, 5) is 13.8. The summed E-state index contributed by atoms with van der Waals surface area (Å²) < 4.78 is 25.1. The highest BCUT2D eigenvalue weighted by atomic mass is 32.2. The number of carbonyl (C=O) groups excluding carboxylic acids is 1. The average molecular weight is 302 g/mol. The molecule has 0 aromatic carbocycles. The number of hydrogen-bond acceptors (Lipinski definition) is 5. The Morgan fingerprint density at radius 1 is 1.35 bits per heavy atom. The van der Waals surface area contributed by atoms with Crippen LogP contribution in [-0.2, 0) is 22.1 Å². The third-order valence-electron chi connectivity index (χ3n) is 3.26. The summed E-state index contributed by atoms with van der Waals surface area (Å²) in [6.07, 6.45) is 3.23. The Bertz CT molecular complexity index is 590. The molecule has 1 unspecified atom stereocenters. The monoisotopic (exact) mass is 302 g/mol. The van der Waals surface area contributed by atoms with Gasteiger partial charge in [0.2, 0.25) is 5.91 Å². The van der Waals surface area contributed by atoms with Gasteiger partial charge in [-0.3, -0.25) is 9.48 Å². The first kappa shape index (κ1) is 14.9. The molecule has 1 saturated heterocycles. The minimum Gasteiger partial charge on any atom is -0.338 e. The predicted molar refractivity (Wildman–Crippen MR) is 71.4 cm³/mol. The van der Waals surface area contributed by atoms with E-state index in [2.05, 4.69) is 5.10 Å². The van der Waals surface area contributed by atoms with E-state index in [-0.39, 0.29) is 32.1 Å². The Balaban J connectivity index is 1.98. The van der Waals surface area contributed by atoms with Gasteiger partial charge in [-0.25, -0.2) is 5.14 Å². The van der Waals surface area contributed by atoms with Gasteiger partial charge in [-0.1, -0.05) is 0 Å². The number of aromatic nitrogens is 2. The van der Waals surface area contributed by atoms with E-state index in [4.69, 9.17) is 10.9 Å². The van der Waals surface area contributed by atoms with Crippen molar-refractivity contribution in [1.29, 1.82) is 0 Å². The van der Waals surface area contributed by atoms with Gasteiger partial charge >= 0.3 is 0 Å². The predicted octanol–water partition coefficient (Wildman–Crippen LogP) is -2.23. The van der Waals surface area contributed by atoms with Gasteiger partial charge in [-0.15, -0.1) is 0 Å². The van der Waals surface area contributed by atoms with E-state index in [1.807, 2.05) is 0 Å². The van der Waals surface area contributed by atoms with Crippen molar-refractivity contribution in [2.45, 2.75) is 6.04 Å². The summed E-state index contributed by atoms with van der Waals surface area (Å²) in [5, 5.41) is 9.02. The van der Waals surface area contributed by atoms with Crippen LogP contribution in [0.5, 0.6) is 0 Å². The van der Waals surface area contributed by atoms with Gasteiger partial charge in [-0.05, 0) is 0 Å². The number of piperazine rings is 1. The molecule has 0 aliphatic carbocycles. The molecular weight excluding hydrogens is 284 g/mol. The molecule has 1 atom stereocenters. The quantitative estimate of drug-likeness (QED) is 0.653.